The fourth-order valence-corrected chi connectivity index (χ4v) is 4.89. The number of hydrogen-bond donors (Lipinski definition) is 2. The van der Waals surface area contributed by atoms with Gasteiger partial charge < -0.3 is 10.6 Å². The Balaban J connectivity index is 1.49. The highest BCUT2D eigenvalue weighted by atomic mass is 32.1. The van der Waals surface area contributed by atoms with Crippen LogP contribution < -0.4 is 10.6 Å². The Morgan fingerprint density at radius 3 is 2.85 bits per heavy atom. The Kier molecular flexibility index (Phi) is 4.22. The topological polar surface area (TPSA) is 96.9 Å². The summed E-state index contributed by atoms with van der Waals surface area (Å²) >= 11 is 1.42. The molecule has 2 aromatic heterocycles. The summed E-state index contributed by atoms with van der Waals surface area (Å²) in [6.07, 6.45) is 9.72. The summed E-state index contributed by atoms with van der Waals surface area (Å²) in [5, 5.41) is 8.60. The van der Waals surface area contributed by atoms with E-state index in [-0.39, 0.29) is 17.4 Å². The van der Waals surface area contributed by atoms with Gasteiger partial charge in [-0.15, -0.1) is 11.3 Å². The Hall–Kier alpha value is -2.35. The fraction of sp³-hybridized carbons (Fsp3) is 0.500. The average Bonchev–Trinajstić information content (AvgIpc) is 3.22. The van der Waals surface area contributed by atoms with Crippen molar-refractivity contribution in [1.29, 1.82) is 0 Å². The molecule has 2 aromatic rings. The minimum atomic E-state index is -0.421. The molecule has 136 valence electrons. The lowest BCUT2D eigenvalue weighted by atomic mass is 9.72. The number of anilines is 1. The number of hydrogen-bond acceptors (Lipinski definition) is 6. The lowest BCUT2D eigenvalue weighted by molar-refractivity contribution is -0.126. The van der Waals surface area contributed by atoms with Crippen molar-refractivity contribution in [1.82, 2.24) is 20.3 Å². The highest BCUT2D eigenvalue weighted by Crippen LogP contribution is 2.54. The van der Waals surface area contributed by atoms with Crippen molar-refractivity contribution in [2.24, 2.45) is 5.41 Å². The molecule has 0 aromatic carbocycles. The molecule has 2 unspecified atom stereocenters. The molecule has 2 aliphatic carbocycles. The van der Waals surface area contributed by atoms with Crippen molar-refractivity contribution in [2.75, 3.05) is 5.32 Å². The van der Waals surface area contributed by atoms with Crippen LogP contribution in [0.5, 0.6) is 0 Å². The molecule has 2 fully saturated rings. The second-order valence-electron chi connectivity index (χ2n) is 7.38. The zero-order valence-corrected chi connectivity index (χ0v) is 15.4. The molecule has 2 aliphatic rings. The normalized spacial score (nSPS) is 27.1. The van der Waals surface area contributed by atoms with Crippen molar-refractivity contribution in [3.63, 3.8) is 0 Å². The van der Waals surface area contributed by atoms with E-state index in [0.717, 1.165) is 32.1 Å². The molecule has 0 saturated heterocycles. The van der Waals surface area contributed by atoms with E-state index >= 15 is 0 Å². The van der Waals surface area contributed by atoms with Gasteiger partial charge in [-0.3, -0.25) is 14.6 Å². The average molecular weight is 371 g/mol. The molecule has 0 spiro atoms. The number of carbonyl (C=O) groups is 2. The smallest absolute Gasteiger partial charge is 0.271 e. The van der Waals surface area contributed by atoms with Crippen LogP contribution in [-0.2, 0) is 4.79 Å². The predicted octanol–water partition coefficient (Wildman–Crippen LogP) is 2.70. The molecule has 4 rings (SSSR count). The minimum absolute atomic E-state index is 0.0265. The van der Waals surface area contributed by atoms with Crippen molar-refractivity contribution < 1.29 is 9.59 Å². The molecule has 26 heavy (non-hydrogen) atoms. The Labute approximate surface area is 155 Å². The van der Waals surface area contributed by atoms with Gasteiger partial charge in [0.05, 0.1) is 17.3 Å². The molecule has 2 heterocycles. The molecular weight excluding hydrogens is 350 g/mol. The van der Waals surface area contributed by atoms with Crippen LogP contribution in [0, 0.1) is 12.3 Å². The number of carbonyl (C=O) groups excluding carboxylic acids is 2. The minimum Gasteiger partial charge on any atom is -0.345 e. The van der Waals surface area contributed by atoms with Gasteiger partial charge in [0.2, 0.25) is 5.91 Å². The molecule has 2 bridgehead atoms. The van der Waals surface area contributed by atoms with Crippen LogP contribution in [-0.4, -0.2) is 32.3 Å². The summed E-state index contributed by atoms with van der Waals surface area (Å²) in [6.45, 7) is 1.81. The first-order chi connectivity index (χ1) is 12.5. The summed E-state index contributed by atoms with van der Waals surface area (Å²) in [4.78, 5) is 38.0. The van der Waals surface area contributed by atoms with Crippen LogP contribution in [0.2, 0.25) is 0 Å². The van der Waals surface area contributed by atoms with Crippen LogP contribution in [0.3, 0.4) is 0 Å². The summed E-state index contributed by atoms with van der Waals surface area (Å²) in [6, 6.07) is 0. The van der Waals surface area contributed by atoms with E-state index in [1.54, 1.807) is 12.4 Å². The van der Waals surface area contributed by atoms with Gasteiger partial charge in [-0.25, -0.2) is 9.97 Å². The molecular formula is C18H21N5O2S. The maximum Gasteiger partial charge on any atom is 0.271 e. The van der Waals surface area contributed by atoms with Gasteiger partial charge in [0.1, 0.15) is 5.69 Å². The van der Waals surface area contributed by atoms with Gasteiger partial charge in [-0.05, 0) is 39.0 Å². The summed E-state index contributed by atoms with van der Waals surface area (Å²) in [5.74, 6) is -0.183. The second kappa shape index (κ2) is 6.42. The largest absolute Gasteiger partial charge is 0.345 e. The van der Waals surface area contributed by atoms with Crippen molar-refractivity contribution in [2.45, 2.75) is 51.0 Å². The van der Waals surface area contributed by atoms with E-state index in [9.17, 15) is 9.59 Å². The van der Waals surface area contributed by atoms with Crippen LogP contribution in [0.15, 0.2) is 24.0 Å². The highest BCUT2D eigenvalue weighted by molar-refractivity contribution is 7.13. The van der Waals surface area contributed by atoms with Gasteiger partial charge in [-0.1, -0.05) is 6.42 Å². The number of aromatic nitrogens is 3. The van der Waals surface area contributed by atoms with Crippen LogP contribution in [0.1, 0.15) is 54.7 Å². The molecule has 8 heteroatoms. The molecule has 0 radical (unpaired) electrons. The summed E-state index contributed by atoms with van der Waals surface area (Å²) in [5.41, 5.74) is 0.285. The molecule has 0 aliphatic heterocycles. The molecule has 2 saturated carbocycles. The van der Waals surface area contributed by atoms with Crippen LogP contribution in [0.4, 0.5) is 5.13 Å². The number of thiazole rings is 1. The van der Waals surface area contributed by atoms with E-state index in [1.165, 1.54) is 17.5 Å². The van der Waals surface area contributed by atoms with E-state index in [2.05, 4.69) is 25.6 Å². The molecule has 2 atom stereocenters. The Morgan fingerprint density at radius 1 is 1.19 bits per heavy atom. The van der Waals surface area contributed by atoms with E-state index in [0.29, 0.717) is 22.9 Å². The van der Waals surface area contributed by atoms with Gasteiger partial charge in [0, 0.05) is 23.3 Å². The molecule has 7 nitrogen and oxygen atoms in total. The van der Waals surface area contributed by atoms with Crippen molar-refractivity contribution in [3.05, 3.63) is 35.4 Å². The highest BCUT2D eigenvalue weighted by Gasteiger charge is 2.55. The third kappa shape index (κ3) is 3.09. The number of aryl methyl sites for hydroxylation is 1. The number of nitrogens with zero attached hydrogens (tertiary/aromatic N) is 3. The SMILES string of the molecule is Cc1cncc(C(=O)NC23CCCC(C(=O)Nc4nccs4)(CC2)C3)n1. The van der Waals surface area contributed by atoms with Crippen LogP contribution >= 0.6 is 11.3 Å². The van der Waals surface area contributed by atoms with Crippen LogP contribution in [0.25, 0.3) is 0 Å². The zero-order valence-electron chi connectivity index (χ0n) is 14.6. The van der Waals surface area contributed by atoms with Crippen molar-refractivity contribution in [3.8, 4) is 0 Å². The lowest BCUT2D eigenvalue weighted by Crippen LogP contribution is -2.51. The lowest BCUT2D eigenvalue weighted by Gasteiger charge is -2.38. The third-order valence-corrected chi connectivity index (χ3v) is 6.26. The number of nitrogens with one attached hydrogen (secondary N) is 2. The monoisotopic (exact) mass is 371 g/mol. The Bertz CT molecular complexity index is 840. The number of amides is 2. The molecule has 2 N–H and O–H groups in total. The van der Waals surface area contributed by atoms with Crippen molar-refractivity contribution >= 4 is 28.3 Å². The second-order valence-corrected chi connectivity index (χ2v) is 8.28. The summed E-state index contributed by atoms with van der Waals surface area (Å²) < 4.78 is 0. The van der Waals surface area contributed by atoms with Gasteiger partial charge in [0.25, 0.3) is 5.91 Å². The van der Waals surface area contributed by atoms with E-state index in [1.807, 2.05) is 12.3 Å². The standard InChI is InChI=1S/C18H21N5O2S/c1-12-9-19-10-13(21-12)14(24)23-18-4-2-3-17(11-18,5-6-18)15(25)22-16-20-7-8-26-16/h7-10H,2-6,11H2,1H3,(H,23,24)(H,20,22,25). The molecule has 2 amide bonds. The van der Waals surface area contributed by atoms with E-state index < -0.39 is 5.41 Å². The van der Waals surface area contributed by atoms with Gasteiger partial charge in [0.15, 0.2) is 5.13 Å². The Morgan fingerprint density at radius 2 is 2.08 bits per heavy atom. The first-order valence-corrected chi connectivity index (χ1v) is 9.71. The maximum absolute atomic E-state index is 12.9. The fourth-order valence-electron chi connectivity index (χ4n) is 4.36. The quantitative estimate of drug-likeness (QED) is 0.861. The van der Waals surface area contributed by atoms with E-state index in [4.69, 9.17) is 0 Å². The predicted molar refractivity (Wildman–Crippen MR) is 97.8 cm³/mol. The van der Waals surface area contributed by atoms with Gasteiger partial charge >= 0.3 is 0 Å². The zero-order chi connectivity index (χ0) is 18.2. The first-order valence-electron chi connectivity index (χ1n) is 8.83. The first kappa shape index (κ1) is 17.1. The summed E-state index contributed by atoms with van der Waals surface area (Å²) in [7, 11) is 0. The third-order valence-electron chi connectivity index (χ3n) is 5.57. The maximum atomic E-state index is 12.9. The number of fused-ring (bicyclic) bond motifs is 2. The van der Waals surface area contributed by atoms with Gasteiger partial charge in [-0.2, -0.15) is 0 Å². The number of rotatable bonds is 4.